The van der Waals surface area contributed by atoms with Crippen LogP contribution in [0.25, 0.3) is 0 Å². The smallest absolute Gasteiger partial charge is 0.0576 e. The predicted molar refractivity (Wildman–Crippen MR) is 128 cm³/mol. The highest BCUT2D eigenvalue weighted by Crippen LogP contribution is 2.55. The van der Waals surface area contributed by atoms with Crippen LogP contribution in [0.4, 0.5) is 0 Å². The highest BCUT2D eigenvalue weighted by atomic mass is 16.3. The highest BCUT2D eigenvalue weighted by Gasteiger charge is 2.48. The molecule has 0 aromatic heterocycles. The van der Waals surface area contributed by atoms with Crippen molar-refractivity contribution < 1.29 is 5.11 Å². The van der Waals surface area contributed by atoms with Crippen LogP contribution in [-0.2, 0) is 0 Å². The maximum atomic E-state index is 11.0. The van der Waals surface area contributed by atoms with Crippen molar-refractivity contribution in [2.24, 2.45) is 58.2 Å². The van der Waals surface area contributed by atoms with E-state index in [1.54, 1.807) is 0 Å². The fourth-order valence-corrected chi connectivity index (χ4v) is 7.50. The zero-order chi connectivity index (χ0) is 22.1. The average molecular weight is 407 g/mol. The molecule has 8 unspecified atom stereocenters. The molecule has 0 aliphatic heterocycles. The van der Waals surface area contributed by atoms with Gasteiger partial charge in [-0.1, -0.05) is 82.1 Å². The number of rotatable bonds is 5. The molecule has 0 aromatic carbocycles. The van der Waals surface area contributed by atoms with Gasteiger partial charge in [-0.25, -0.2) is 0 Å². The molecule has 29 heavy (non-hydrogen) atoms. The standard InChI is InChI=1S/C28H54O/c1-11-19-13-14-21(27(5,6)7)16-22(19)26(18(3)4)23-17-24(28(8,9)10)25(29)15-20(23)12-2/h18-26,29H,11-17H2,1-10H3. The van der Waals surface area contributed by atoms with Crippen molar-refractivity contribution in [2.45, 2.75) is 120 Å². The van der Waals surface area contributed by atoms with Gasteiger partial charge in [0.15, 0.2) is 0 Å². The first-order valence-electron chi connectivity index (χ1n) is 13.0. The number of hydrogen-bond donors (Lipinski definition) is 1. The van der Waals surface area contributed by atoms with Crippen LogP contribution in [0.5, 0.6) is 0 Å². The van der Waals surface area contributed by atoms with E-state index in [4.69, 9.17) is 0 Å². The lowest BCUT2D eigenvalue weighted by Crippen LogP contribution is -2.48. The monoisotopic (exact) mass is 406 g/mol. The van der Waals surface area contributed by atoms with Crippen LogP contribution in [0.2, 0.25) is 0 Å². The van der Waals surface area contributed by atoms with E-state index < -0.39 is 0 Å². The summed E-state index contributed by atoms with van der Waals surface area (Å²) < 4.78 is 0. The second-order valence-electron chi connectivity index (χ2n) is 13.4. The third kappa shape index (κ3) is 5.81. The van der Waals surface area contributed by atoms with Gasteiger partial charge in [0.25, 0.3) is 0 Å². The first-order valence-corrected chi connectivity index (χ1v) is 13.0. The SMILES string of the molecule is CCC1CCC(C(C)(C)C)CC1C(C(C)C)C1CC(C(C)(C)C)C(O)CC1CC. The molecule has 2 aliphatic rings. The summed E-state index contributed by atoms with van der Waals surface area (Å²) >= 11 is 0. The van der Waals surface area contributed by atoms with Crippen molar-refractivity contribution in [1.82, 2.24) is 0 Å². The minimum absolute atomic E-state index is 0.111. The summed E-state index contributed by atoms with van der Waals surface area (Å²) in [6.07, 6.45) is 9.02. The molecular formula is C28H54O. The second-order valence-corrected chi connectivity index (χ2v) is 13.4. The van der Waals surface area contributed by atoms with Crippen LogP contribution in [0.3, 0.4) is 0 Å². The Morgan fingerprint density at radius 3 is 1.76 bits per heavy atom. The molecule has 2 aliphatic carbocycles. The van der Waals surface area contributed by atoms with Crippen molar-refractivity contribution in [2.75, 3.05) is 0 Å². The van der Waals surface area contributed by atoms with E-state index in [2.05, 4.69) is 69.2 Å². The Bertz CT molecular complexity index is 493. The van der Waals surface area contributed by atoms with Crippen LogP contribution in [-0.4, -0.2) is 11.2 Å². The molecule has 8 atom stereocenters. The molecule has 0 radical (unpaired) electrons. The zero-order valence-corrected chi connectivity index (χ0v) is 21.6. The summed E-state index contributed by atoms with van der Waals surface area (Å²) in [7, 11) is 0. The number of aliphatic hydroxyl groups excluding tert-OH is 1. The van der Waals surface area contributed by atoms with E-state index in [-0.39, 0.29) is 11.5 Å². The number of hydrogen-bond acceptors (Lipinski definition) is 1. The summed E-state index contributed by atoms with van der Waals surface area (Å²) in [5, 5.41) is 11.0. The fourth-order valence-electron chi connectivity index (χ4n) is 7.50. The van der Waals surface area contributed by atoms with Crippen LogP contribution in [0, 0.1) is 58.2 Å². The van der Waals surface area contributed by atoms with Gasteiger partial charge in [-0.05, 0) is 90.3 Å². The summed E-state index contributed by atoms with van der Waals surface area (Å²) in [5.41, 5.74) is 0.627. The molecule has 0 spiro atoms. The molecule has 1 N–H and O–H groups in total. The quantitative estimate of drug-likeness (QED) is 0.487. The minimum Gasteiger partial charge on any atom is -0.393 e. The lowest BCUT2D eigenvalue weighted by atomic mass is 9.53. The zero-order valence-electron chi connectivity index (χ0n) is 21.6. The molecule has 0 heterocycles. The van der Waals surface area contributed by atoms with E-state index in [0.717, 1.165) is 41.9 Å². The van der Waals surface area contributed by atoms with E-state index in [1.807, 2.05) is 0 Å². The largest absolute Gasteiger partial charge is 0.393 e. The first kappa shape index (κ1) is 25.2. The van der Waals surface area contributed by atoms with Crippen molar-refractivity contribution in [3.63, 3.8) is 0 Å². The van der Waals surface area contributed by atoms with E-state index >= 15 is 0 Å². The van der Waals surface area contributed by atoms with Crippen molar-refractivity contribution in [3.05, 3.63) is 0 Å². The first-order chi connectivity index (χ1) is 13.3. The highest BCUT2D eigenvalue weighted by molar-refractivity contribution is 4.97. The molecule has 2 rings (SSSR count). The Morgan fingerprint density at radius 2 is 1.31 bits per heavy atom. The summed E-state index contributed by atoms with van der Waals surface area (Å²) in [4.78, 5) is 0. The van der Waals surface area contributed by atoms with Gasteiger partial charge in [0, 0.05) is 0 Å². The normalized spacial score (nSPS) is 38.3. The lowest BCUT2D eigenvalue weighted by Gasteiger charge is -2.53. The van der Waals surface area contributed by atoms with Crippen LogP contribution >= 0.6 is 0 Å². The van der Waals surface area contributed by atoms with Gasteiger partial charge in [-0.15, -0.1) is 0 Å². The van der Waals surface area contributed by atoms with E-state index in [1.165, 1.54) is 38.5 Å². The molecule has 0 amide bonds. The van der Waals surface area contributed by atoms with Gasteiger partial charge in [-0.2, -0.15) is 0 Å². The minimum atomic E-state index is -0.111. The topological polar surface area (TPSA) is 20.2 Å². The van der Waals surface area contributed by atoms with Gasteiger partial charge in [0.1, 0.15) is 0 Å². The Balaban J connectivity index is 2.37. The van der Waals surface area contributed by atoms with E-state index in [9.17, 15) is 5.11 Å². The third-order valence-corrected chi connectivity index (χ3v) is 9.33. The molecular weight excluding hydrogens is 352 g/mol. The second kappa shape index (κ2) is 9.62. The van der Waals surface area contributed by atoms with Gasteiger partial charge in [0.05, 0.1) is 6.10 Å². The third-order valence-electron chi connectivity index (χ3n) is 9.33. The molecule has 1 heteroatoms. The molecule has 2 saturated carbocycles. The van der Waals surface area contributed by atoms with Crippen molar-refractivity contribution in [3.8, 4) is 0 Å². The predicted octanol–water partition coefficient (Wildman–Crippen LogP) is 8.21. The van der Waals surface area contributed by atoms with Gasteiger partial charge >= 0.3 is 0 Å². The van der Waals surface area contributed by atoms with Crippen LogP contribution < -0.4 is 0 Å². The van der Waals surface area contributed by atoms with Crippen LogP contribution in [0.1, 0.15) is 114 Å². The Kier molecular flexibility index (Phi) is 8.37. The van der Waals surface area contributed by atoms with E-state index in [0.29, 0.717) is 17.3 Å². The summed E-state index contributed by atoms with van der Waals surface area (Å²) in [6.45, 7) is 24.2. The Labute approximate surface area is 183 Å². The fraction of sp³-hybridized carbons (Fsp3) is 1.00. The Hall–Kier alpha value is -0.0400. The van der Waals surface area contributed by atoms with Gasteiger partial charge in [-0.3, -0.25) is 0 Å². The molecule has 0 bridgehead atoms. The average Bonchev–Trinajstić information content (AvgIpc) is 2.60. The summed E-state index contributed by atoms with van der Waals surface area (Å²) in [5.74, 6) is 6.11. The van der Waals surface area contributed by atoms with Crippen LogP contribution in [0.15, 0.2) is 0 Å². The van der Waals surface area contributed by atoms with Gasteiger partial charge in [0.2, 0.25) is 0 Å². The lowest BCUT2D eigenvalue weighted by molar-refractivity contribution is -0.0770. The molecule has 2 fully saturated rings. The Morgan fingerprint density at radius 1 is 0.759 bits per heavy atom. The molecule has 172 valence electrons. The maximum absolute atomic E-state index is 11.0. The maximum Gasteiger partial charge on any atom is 0.0576 e. The number of aliphatic hydroxyl groups is 1. The molecule has 0 saturated heterocycles. The van der Waals surface area contributed by atoms with Gasteiger partial charge < -0.3 is 5.11 Å². The van der Waals surface area contributed by atoms with Crippen molar-refractivity contribution in [1.29, 1.82) is 0 Å². The molecule has 0 aromatic rings. The van der Waals surface area contributed by atoms with Crippen molar-refractivity contribution >= 4 is 0 Å². The summed E-state index contributed by atoms with van der Waals surface area (Å²) in [6, 6.07) is 0. The molecule has 1 nitrogen and oxygen atoms in total.